The van der Waals surface area contributed by atoms with Crippen LogP contribution in [0.2, 0.25) is 0 Å². The van der Waals surface area contributed by atoms with Gasteiger partial charge in [0.1, 0.15) is 0 Å². The summed E-state index contributed by atoms with van der Waals surface area (Å²) in [4.78, 5) is 18.5. The van der Waals surface area contributed by atoms with E-state index in [4.69, 9.17) is 4.42 Å². The van der Waals surface area contributed by atoms with E-state index >= 15 is 0 Å². The molecular formula is C15H16N2O2. The molecule has 4 nitrogen and oxygen atoms in total. The molecule has 0 aliphatic carbocycles. The van der Waals surface area contributed by atoms with Crippen LogP contribution in [0.25, 0.3) is 0 Å². The van der Waals surface area contributed by atoms with Crippen LogP contribution in [0.5, 0.6) is 0 Å². The molecule has 4 heteroatoms. The minimum atomic E-state index is -0.0291. The van der Waals surface area contributed by atoms with Gasteiger partial charge in [0.15, 0.2) is 5.76 Å². The van der Waals surface area contributed by atoms with Crippen LogP contribution in [0.15, 0.2) is 47.3 Å². The van der Waals surface area contributed by atoms with Crippen molar-refractivity contribution >= 4 is 5.91 Å². The van der Waals surface area contributed by atoms with Gasteiger partial charge in [0, 0.05) is 18.9 Å². The molecule has 98 valence electrons. The maximum absolute atomic E-state index is 12.5. The summed E-state index contributed by atoms with van der Waals surface area (Å²) < 4.78 is 5.23. The predicted octanol–water partition coefficient (Wildman–Crippen LogP) is 3.04. The van der Waals surface area contributed by atoms with Gasteiger partial charge in [0.25, 0.3) is 5.91 Å². The van der Waals surface area contributed by atoms with Crippen LogP contribution in [0.4, 0.5) is 0 Å². The van der Waals surface area contributed by atoms with Crippen molar-refractivity contribution in [1.82, 2.24) is 9.88 Å². The Kier molecular flexibility index (Phi) is 3.31. The van der Waals surface area contributed by atoms with E-state index < -0.39 is 0 Å². The summed E-state index contributed by atoms with van der Waals surface area (Å²) in [5.41, 5.74) is 1.10. The summed E-state index contributed by atoms with van der Waals surface area (Å²) >= 11 is 0. The standard InChI is InChI=1S/C15H16N2O2/c18-15(14-7-4-10-19-14)17-9-2-1-6-13(17)12-5-3-8-16-11-12/h3-5,7-8,10-11,13H,1-2,6,9H2. The van der Waals surface area contributed by atoms with Crippen LogP contribution in [0, 0.1) is 0 Å². The van der Waals surface area contributed by atoms with E-state index in [1.807, 2.05) is 23.2 Å². The smallest absolute Gasteiger partial charge is 0.290 e. The molecule has 0 radical (unpaired) electrons. The van der Waals surface area contributed by atoms with Gasteiger partial charge in [-0.3, -0.25) is 9.78 Å². The van der Waals surface area contributed by atoms with E-state index in [1.165, 1.54) is 6.26 Å². The maximum Gasteiger partial charge on any atom is 0.290 e. The summed E-state index contributed by atoms with van der Waals surface area (Å²) in [6, 6.07) is 7.53. The second-order valence-corrected chi connectivity index (χ2v) is 4.77. The third kappa shape index (κ3) is 2.38. The van der Waals surface area contributed by atoms with Crippen molar-refractivity contribution in [2.75, 3.05) is 6.54 Å². The zero-order valence-electron chi connectivity index (χ0n) is 10.7. The second kappa shape index (κ2) is 5.26. The second-order valence-electron chi connectivity index (χ2n) is 4.77. The van der Waals surface area contributed by atoms with E-state index in [0.717, 1.165) is 31.4 Å². The number of carbonyl (C=O) groups excluding carboxylic acids is 1. The first-order valence-corrected chi connectivity index (χ1v) is 6.60. The van der Waals surface area contributed by atoms with Crippen molar-refractivity contribution in [3.63, 3.8) is 0 Å². The number of hydrogen-bond donors (Lipinski definition) is 0. The summed E-state index contributed by atoms with van der Waals surface area (Å²) in [7, 11) is 0. The first-order valence-electron chi connectivity index (χ1n) is 6.60. The van der Waals surface area contributed by atoms with Crippen molar-refractivity contribution < 1.29 is 9.21 Å². The molecule has 1 atom stereocenters. The third-order valence-corrected chi connectivity index (χ3v) is 3.56. The number of nitrogens with zero attached hydrogens (tertiary/aromatic N) is 2. The molecule has 19 heavy (non-hydrogen) atoms. The van der Waals surface area contributed by atoms with Crippen LogP contribution in [0.1, 0.15) is 41.4 Å². The lowest BCUT2D eigenvalue weighted by Gasteiger charge is -2.35. The topological polar surface area (TPSA) is 46.3 Å². The zero-order valence-corrected chi connectivity index (χ0v) is 10.7. The number of piperidine rings is 1. The van der Waals surface area contributed by atoms with E-state index in [0.29, 0.717) is 5.76 Å². The van der Waals surface area contributed by atoms with E-state index in [2.05, 4.69) is 4.98 Å². The largest absolute Gasteiger partial charge is 0.459 e. The number of carbonyl (C=O) groups is 1. The normalized spacial score (nSPS) is 19.4. The SMILES string of the molecule is O=C(c1ccco1)N1CCCCC1c1cccnc1. The summed E-state index contributed by atoms with van der Waals surface area (Å²) in [5, 5.41) is 0. The number of amides is 1. The third-order valence-electron chi connectivity index (χ3n) is 3.56. The average molecular weight is 256 g/mol. The Labute approximate surface area is 112 Å². The molecule has 3 rings (SSSR count). The van der Waals surface area contributed by atoms with Crippen molar-refractivity contribution in [3.05, 3.63) is 54.2 Å². The van der Waals surface area contributed by atoms with Crippen LogP contribution in [-0.4, -0.2) is 22.3 Å². The van der Waals surface area contributed by atoms with Crippen LogP contribution < -0.4 is 0 Å². The summed E-state index contributed by atoms with van der Waals surface area (Å²) in [6.07, 6.45) is 8.31. The van der Waals surface area contributed by atoms with Crippen molar-refractivity contribution in [1.29, 1.82) is 0 Å². The highest BCUT2D eigenvalue weighted by atomic mass is 16.3. The molecule has 1 amide bonds. The number of furan rings is 1. The number of pyridine rings is 1. The highest BCUT2D eigenvalue weighted by Gasteiger charge is 2.29. The number of rotatable bonds is 2. The Bertz CT molecular complexity index is 537. The first-order chi connectivity index (χ1) is 9.36. The molecule has 2 aromatic rings. The van der Waals surface area contributed by atoms with Gasteiger partial charge in [-0.05, 0) is 43.0 Å². The molecule has 0 aromatic carbocycles. The van der Waals surface area contributed by atoms with E-state index in [1.54, 1.807) is 18.3 Å². The molecule has 1 aliphatic heterocycles. The number of aromatic nitrogens is 1. The Morgan fingerprint density at radius 3 is 3.00 bits per heavy atom. The van der Waals surface area contributed by atoms with Crippen molar-refractivity contribution in [2.45, 2.75) is 25.3 Å². The molecule has 2 aromatic heterocycles. The van der Waals surface area contributed by atoms with Gasteiger partial charge in [0.05, 0.1) is 12.3 Å². The van der Waals surface area contributed by atoms with Crippen LogP contribution in [-0.2, 0) is 0 Å². The fourth-order valence-corrected chi connectivity index (χ4v) is 2.64. The van der Waals surface area contributed by atoms with E-state index in [-0.39, 0.29) is 11.9 Å². The average Bonchev–Trinajstić information content (AvgIpc) is 3.02. The van der Waals surface area contributed by atoms with Gasteiger partial charge in [0.2, 0.25) is 0 Å². The minimum absolute atomic E-state index is 0.0291. The van der Waals surface area contributed by atoms with E-state index in [9.17, 15) is 4.79 Å². The highest BCUT2D eigenvalue weighted by Crippen LogP contribution is 2.31. The fourth-order valence-electron chi connectivity index (χ4n) is 2.64. The molecule has 0 spiro atoms. The quantitative estimate of drug-likeness (QED) is 0.829. The van der Waals surface area contributed by atoms with Gasteiger partial charge >= 0.3 is 0 Å². The highest BCUT2D eigenvalue weighted by molar-refractivity contribution is 5.91. The van der Waals surface area contributed by atoms with Gasteiger partial charge in [-0.1, -0.05) is 6.07 Å². The molecule has 1 aliphatic rings. The molecule has 1 unspecified atom stereocenters. The predicted molar refractivity (Wildman–Crippen MR) is 70.6 cm³/mol. The molecule has 1 saturated heterocycles. The lowest BCUT2D eigenvalue weighted by atomic mass is 9.96. The van der Waals surface area contributed by atoms with Gasteiger partial charge in [-0.2, -0.15) is 0 Å². The Morgan fingerprint density at radius 1 is 1.32 bits per heavy atom. The molecule has 1 fully saturated rings. The summed E-state index contributed by atoms with van der Waals surface area (Å²) in [6.45, 7) is 0.777. The van der Waals surface area contributed by atoms with Gasteiger partial charge in [-0.15, -0.1) is 0 Å². The monoisotopic (exact) mass is 256 g/mol. The molecule has 3 heterocycles. The maximum atomic E-state index is 12.5. The summed E-state index contributed by atoms with van der Waals surface area (Å²) in [5.74, 6) is 0.384. The van der Waals surface area contributed by atoms with Crippen molar-refractivity contribution in [2.24, 2.45) is 0 Å². The molecule has 0 N–H and O–H groups in total. The Morgan fingerprint density at radius 2 is 2.26 bits per heavy atom. The number of likely N-dealkylation sites (tertiary alicyclic amines) is 1. The Balaban J connectivity index is 1.87. The van der Waals surface area contributed by atoms with Crippen LogP contribution >= 0.6 is 0 Å². The van der Waals surface area contributed by atoms with Crippen LogP contribution in [0.3, 0.4) is 0 Å². The molecule has 0 bridgehead atoms. The lowest BCUT2D eigenvalue weighted by molar-refractivity contribution is 0.0578. The zero-order chi connectivity index (χ0) is 13.1. The van der Waals surface area contributed by atoms with Gasteiger partial charge in [-0.25, -0.2) is 0 Å². The molecule has 0 saturated carbocycles. The Hall–Kier alpha value is -2.10. The van der Waals surface area contributed by atoms with Gasteiger partial charge < -0.3 is 9.32 Å². The number of hydrogen-bond acceptors (Lipinski definition) is 3. The minimum Gasteiger partial charge on any atom is -0.459 e. The lowest BCUT2D eigenvalue weighted by Crippen LogP contribution is -2.38. The van der Waals surface area contributed by atoms with Crippen molar-refractivity contribution in [3.8, 4) is 0 Å². The molecular weight excluding hydrogens is 240 g/mol. The first kappa shape index (κ1) is 12.0. The fraction of sp³-hybridized carbons (Fsp3) is 0.333.